The molecule has 0 aliphatic carbocycles. The summed E-state index contributed by atoms with van der Waals surface area (Å²) in [5.74, 6) is -0.867. The van der Waals surface area contributed by atoms with Crippen molar-refractivity contribution in [3.8, 4) is 0 Å². The third-order valence-electron chi connectivity index (χ3n) is 1.94. The highest BCUT2D eigenvalue weighted by atomic mass is 16.6. The fourth-order valence-electron chi connectivity index (χ4n) is 1.20. The largest absolute Gasteiger partial charge is 0.481 e. The van der Waals surface area contributed by atoms with Crippen molar-refractivity contribution in [2.45, 2.75) is 13.3 Å². The van der Waals surface area contributed by atoms with Crippen LogP contribution in [0.2, 0.25) is 0 Å². The van der Waals surface area contributed by atoms with E-state index in [0.29, 0.717) is 5.56 Å². The number of carboxylic acid groups (broad SMARTS) is 1. The van der Waals surface area contributed by atoms with Crippen LogP contribution in [0.25, 0.3) is 0 Å². The molecule has 16 heavy (non-hydrogen) atoms. The first-order valence-electron chi connectivity index (χ1n) is 4.58. The van der Waals surface area contributed by atoms with Crippen molar-refractivity contribution in [3.63, 3.8) is 0 Å². The number of aliphatic carboxylic acids is 1. The summed E-state index contributed by atoms with van der Waals surface area (Å²) in [4.78, 5) is 24.3. The van der Waals surface area contributed by atoms with Crippen LogP contribution in [0.4, 0.5) is 11.5 Å². The Kier molecular flexibility index (Phi) is 3.76. The molecule has 0 saturated heterocycles. The third-order valence-corrected chi connectivity index (χ3v) is 1.94. The van der Waals surface area contributed by atoms with E-state index in [4.69, 9.17) is 5.11 Å². The second-order valence-corrected chi connectivity index (χ2v) is 3.15. The Bertz CT molecular complexity index is 419. The Morgan fingerprint density at radius 2 is 2.38 bits per heavy atom. The zero-order valence-corrected chi connectivity index (χ0v) is 8.64. The quantitative estimate of drug-likeness (QED) is 0.575. The number of rotatable bonds is 5. The Labute approximate surface area is 91.3 Å². The molecule has 0 unspecified atom stereocenters. The van der Waals surface area contributed by atoms with Crippen LogP contribution in [-0.2, 0) is 4.79 Å². The lowest BCUT2D eigenvalue weighted by Gasteiger charge is -2.05. The molecule has 1 rings (SSSR count). The van der Waals surface area contributed by atoms with E-state index in [0.717, 1.165) is 0 Å². The molecular weight excluding hydrogens is 214 g/mol. The molecule has 0 radical (unpaired) electrons. The van der Waals surface area contributed by atoms with Gasteiger partial charge in [-0.3, -0.25) is 14.9 Å². The van der Waals surface area contributed by atoms with Gasteiger partial charge in [0.25, 0.3) is 0 Å². The standard InChI is InChI=1S/C9H11N3O4/c1-6-2-4-10-9(8(6)12(15)16)11-5-3-7(13)14/h2,4H,3,5H2,1H3,(H,10,11)(H,13,14). The topological polar surface area (TPSA) is 105 Å². The summed E-state index contributed by atoms with van der Waals surface area (Å²) in [6.45, 7) is 1.70. The lowest BCUT2D eigenvalue weighted by molar-refractivity contribution is -0.384. The van der Waals surface area contributed by atoms with Crippen molar-refractivity contribution in [1.82, 2.24) is 4.98 Å². The molecule has 0 saturated carbocycles. The summed E-state index contributed by atoms with van der Waals surface area (Å²) >= 11 is 0. The molecule has 0 spiro atoms. The van der Waals surface area contributed by atoms with Gasteiger partial charge >= 0.3 is 11.7 Å². The monoisotopic (exact) mass is 225 g/mol. The number of hydrogen-bond acceptors (Lipinski definition) is 5. The number of carboxylic acids is 1. The van der Waals surface area contributed by atoms with Crippen LogP contribution >= 0.6 is 0 Å². The summed E-state index contributed by atoms with van der Waals surface area (Å²) in [6.07, 6.45) is 1.32. The highest BCUT2D eigenvalue weighted by Crippen LogP contribution is 2.25. The van der Waals surface area contributed by atoms with E-state index >= 15 is 0 Å². The first kappa shape index (κ1) is 11.9. The van der Waals surface area contributed by atoms with Crippen LogP contribution in [0.1, 0.15) is 12.0 Å². The van der Waals surface area contributed by atoms with Gasteiger partial charge < -0.3 is 10.4 Å². The number of anilines is 1. The number of pyridine rings is 1. The Morgan fingerprint density at radius 1 is 1.69 bits per heavy atom. The number of nitro groups is 1. The van der Waals surface area contributed by atoms with Gasteiger partial charge in [0.2, 0.25) is 5.82 Å². The van der Waals surface area contributed by atoms with E-state index in [2.05, 4.69) is 10.3 Å². The Morgan fingerprint density at radius 3 is 2.94 bits per heavy atom. The predicted molar refractivity (Wildman–Crippen MR) is 56.4 cm³/mol. The zero-order chi connectivity index (χ0) is 12.1. The number of hydrogen-bond donors (Lipinski definition) is 2. The summed E-state index contributed by atoms with van der Waals surface area (Å²) in [6, 6.07) is 1.53. The van der Waals surface area contributed by atoms with Gasteiger partial charge in [0.05, 0.1) is 11.3 Å². The highest BCUT2D eigenvalue weighted by Gasteiger charge is 2.17. The van der Waals surface area contributed by atoms with Crippen molar-refractivity contribution in [2.24, 2.45) is 0 Å². The van der Waals surface area contributed by atoms with Crippen LogP contribution in [0, 0.1) is 17.0 Å². The first-order valence-corrected chi connectivity index (χ1v) is 4.58. The van der Waals surface area contributed by atoms with Crippen molar-refractivity contribution in [2.75, 3.05) is 11.9 Å². The van der Waals surface area contributed by atoms with Gasteiger partial charge in [-0.2, -0.15) is 0 Å². The maximum absolute atomic E-state index is 10.7. The third kappa shape index (κ3) is 2.91. The van der Waals surface area contributed by atoms with E-state index in [1.807, 2.05) is 0 Å². The Balaban J connectivity index is 2.83. The van der Waals surface area contributed by atoms with Crippen molar-refractivity contribution in [1.29, 1.82) is 0 Å². The molecule has 0 amide bonds. The normalized spacial score (nSPS) is 9.81. The minimum absolute atomic E-state index is 0.103. The van der Waals surface area contributed by atoms with Crippen LogP contribution in [0.5, 0.6) is 0 Å². The van der Waals surface area contributed by atoms with Crippen LogP contribution in [0.15, 0.2) is 12.3 Å². The minimum Gasteiger partial charge on any atom is -0.481 e. The summed E-state index contributed by atoms with van der Waals surface area (Å²) in [5, 5.41) is 21.8. The lowest BCUT2D eigenvalue weighted by Crippen LogP contribution is -2.10. The highest BCUT2D eigenvalue weighted by molar-refractivity contribution is 5.68. The van der Waals surface area contributed by atoms with Gasteiger partial charge in [-0.1, -0.05) is 0 Å². The molecule has 1 aromatic heterocycles. The molecule has 0 aliphatic rings. The summed E-state index contributed by atoms with van der Waals surface area (Å²) in [5.41, 5.74) is 0.366. The predicted octanol–water partition coefficient (Wildman–Crippen LogP) is 1.18. The molecule has 0 bridgehead atoms. The molecule has 7 nitrogen and oxygen atoms in total. The fourth-order valence-corrected chi connectivity index (χ4v) is 1.20. The van der Waals surface area contributed by atoms with Crippen LogP contribution in [-0.4, -0.2) is 27.5 Å². The van der Waals surface area contributed by atoms with E-state index in [1.54, 1.807) is 6.92 Å². The van der Waals surface area contributed by atoms with E-state index < -0.39 is 10.9 Å². The average molecular weight is 225 g/mol. The molecule has 0 atom stereocenters. The van der Waals surface area contributed by atoms with Gasteiger partial charge in [0.15, 0.2) is 0 Å². The Hall–Kier alpha value is -2.18. The summed E-state index contributed by atoms with van der Waals surface area (Å²) in [7, 11) is 0. The number of carbonyl (C=O) groups is 1. The van der Waals surface area contributed by atoms with Gasteiger partial charge in [-0.15, -0.1) is 0 Å². The number of nitrogens with zero attached hydrogens (tertiary/aromatic N) is 2. The van der Waals surface area contributed by atoms with Crippen molar-refractivity contribution >= 4 is 17.5 Å². The molecule has 86 valence electrons. The van der Waals surface area contributed by atoms with Gasteiger partial charge in [0, 0.05) is 18.3 Å². The van der Waals surface area contributed by atoms with Crippen LogP contribution in [0.3, 0.4) is 0 Å². The maximum Gasteiger partial charge on any atom is 0.314 e. The molecule has 1 heterocycles. The molecule has 0 aliphatic heterocycles. The minimum atomic E-state index is -0.970. The van der Waals surface area contributed by atoms with Gasteiger partial charge in [-0.05, 0) is 13.0 Å². The molecular formula is C9H11N3O4. The first-order chi connectivity index (χ1) is 7.52. The lowest BCUT2D eigenvalue weighted by atomic mass is 10.2. The number of aryl methyl sites for hydroxylation is 1. The van der Waals surface area contributed by atoms with Crippen molar-refractivity contribution in [3.05, 3.63) is 27.9 Å². The van der Waals surface area contributed by atoms with E-state index in [9.17, 15) is 14.9 Å². The average Bonchev–Trinajstić information content (AvgIpc) is 2.16. The molecule has 2 N–H and O–H groups in total. The fraction of sp³-hybridized carbons (Fsp3) is 0.333. The molecule has 0 fully saturated rings. The smallest absolute Gasteiger partial charge is 0.314 e. The maximum atomic E-state index is 10.7. The van der Waals surface area contributed by atoms with Gasteiger partial charge in [-0.25, -0.2) is 4.98 Å². The second kappa shape index (κ2) is 5.06. The zero-order valence-electron chi connectivity index (χ0n) is 8.64. The molecule has 0 aromatic carbocycles. The number of aromatic nitrogens is 1. The van der Waals surface area contributed by atoms with E-state index in [-0.39, 0.29) is 24.5 Å². The second-order valence-electron chi connectivity index (χ2n) is 3.15. The number of nitrogens with one attached hydrogen (secondary N) is 1. The van der Waals surface area contributed by atoms with E-state index in [1.165, 1.54) is 12.3 Å². The molecule has 1 aromatic rings. The van der Waals surface area contributed by atoms with Crippen LogP contribution < -0.4 is 5.32 Å². The van der Waals surface area contributed by atoms with Crippen molar-refractivity contribution < 1.29 is 14.8 Å². The SMILES string of the molecule is Cc1ccnc(NCCC(=O)O)c1[N+](=O)[O-]. The molecule has 7 heteroatoms. The van der Waals surface area contributed by atoms with Gasteiger partial charge in [0.1, 0.15) is 0 Å². The summed E-state index contributed by atoms with van der Waals surface area (Å²) < 4.78 is 0.